The van der Waals surface area contributed by atoms with Crippen molar-refractivity contribution in [1.82, 2.24) is 9.78 Å². The number of aryl methyl sites for hydroxylation is 1. The van der Waals surface area contributed by atoms with Crippen molar-refractivity contribution in [3.05, 3.63) is 17.7 Å². The van der Waals surface area contributed by atoms with Gasteiger partial charge in [-0.3, -0.25) is 4.68 Å². The third-order valence-electron chi connectivity index (χ3n) is 1.40. The van der Waals surface area contributed by atoms with E-state index in [-0.39, 0.29) is 5.60 Å². The van der Waals surface area contributed by atoms with E-state index in [0.717, 1.165) is 0 Å². The van der Waals surface area contributed by atoms with E-state index < -0.39 is 5.95 Å². The first kappa shape index (κ1) is 10.7. The van der Waals surface area contributed by atoms with Crippen LogP contribution in [0.2, 0.25) is 0 Å². The molecule has 0 aliphatic rings. The monoisotopic (exact) mass is 199 g/mol. The van der Waals surface area contributed by atoms with Crippen molar-refractivity contribution in [1.29, 1.82) is 0 Å². The van der Waals surface area contributed by atoms with Gasteiger partial charge in [0.25, 0.3) is 0 Å². The number of nitrogens with zero attached hydrogens (tertiary/aromatic N) is 3. The fourth-order valence-electron chi connectivity index (χ4n) is 0.805. The molecule has 1 aromatic heterocycles. The van der Waals surface area contributed by atoms with Crippen molar-refractivity contribution in [2.45, 2.75) is 26.4 Å². The minimum Gasteiger partial charge on any atom is -0.390 e. The van der Waals surface area contributed by atoms with E-state index in [4.69, 9.17) is 4.84 Å². The highest BCUT2D eigenvalue weighted by Gasteiger charge is 2.09. The molecular weight excluding hydrogens is 185 g/mol. The maximum Gasteiger partial charge on any atom is 0.233 e. The average molecular weight is 199 g/mol. The standard InChI is InChI=1S/C9H14FN3O/c1-9(2,3)14-11-6-7-5-8(10)12-13(7)4/h5-6H,1-4H3/b11-6-. The summed E-state index contributed by atoms with van der Waals surface area (Å²) in [7, 11) is 1.64. The Kier molecular flexibility index (Phi) is 2.88. The predicted octanol–water partition coefficient (Wildman–Crippen LogP) is 1.71. The summed E-state index contributed by atoms with van der Waals surface area (Å²) < 4.78 is 14.0. The molecule has 0 amide bonds. The summed E-state index contributed by atoms with van der Waals surface area (Å²) in [6, 6.07) is 1.29. The maximum absolute atomic E-state index is 12.6. The van der Waals surface area contributed by atoms with Crippen LogP contribution >= 0.6 is 0 Å². The minimum absolute atomic E-state index is 0.340. The number of hydrogen-bond donors (Lipinski definition) is 0. The molecule has 78 valence electrons. The quantitative estimate of drug-likeness (QED) is 0.537. The Bertz CT molecular complexity index is 338. The van der Waals surface area contributed by atoms with Crippen molar-refractivity contribution in [2.75, 3.05) is 0 Å². The topological polar surface area (TPSA) is 39.4 Å². The molecule has 0 saturated heterocycles. The summed E-state index contributed by atoms with van der Waals surface area (Å²) in [6.07, 6.45) is 1.43. The fourth-order valence-corrected chi connectivity index (χ4v) is 0.805. The van der Waals surface area contributed by atoms with Gasteiger partial charge in [-0.15, -0.1) is 5.10 Å². The highest BCUT2D eigenvalue weighted by atomic mass is 19.1. The largest absolute Gasteiger partial charge is 0.390 e. The van der Waals surface area contributed by atoms with Gasteiger partial charge in [0.1, 0.15) is 5.60 Å². The third-order valence-corrected chi connectivity index (χ3v) is 1.40. The van der Waals surface area contributed by atoms with Gasteiger partial charge in [-0.05, 0) is 20.8 Å². The van der Waals surface area contributed by atoms with Gasteiger partial charge in [-0.1, -0.05) is 5.16 Å². The first-order chi connectivity index (χ1) is 6.38. The molecule has 0 unspecified atom stereocenters. The molecular formula is C9H14FN3O. The molecule has 0 bridgehead atoms. The van der Waals surface area contributed by atoms with Crippen LogP contribution in [0, 0.1) is 5.95 Å². The van der Waals surface area contributed by atoms with Crippen LogP contribution in [-0.2, 0) is 11.9 Å². The van der Waals surface area contributed by atoms with Gasteiger partial charge in [-0.2, -0.15) is 4.39 Å². The third kappa shape index (κ3) is 3.16. The lowest BCUT2D eigenvalue weighted by atomic mass is 10.2. The molecule has 0 radical (unpaired) electrons. The Hall–Kier alpha value is -1.39. The molecule has 0 aliphatic carbocycles. The first-order valence-electron chi connectivity index (χ1n) is 4.29. The van der Waals surface area contributed by atoms with E-state index in [1.54, 1.807) is 7.05 Å². The molecule has 1 rings (SSSR count). The van der Waals surface area contributed by atoms with Crippen LogP contribution in [0.4, 0.5) is 4.39 Å². The molecule has 1 aromatic rings. The Balaban J connectivity index is 2.65. The Labute approximate surface area is 82.4 Å². The lowest BCUT2D eigenvalue weighted by molar-refractivity contribution is 0.00193. The molecule has 1 heterocycles. The highest BCUT2D eigenvalue weighted by Crippen LogP contribution is 2.07. The normalized spacial score (nSPS) is 12.4. The van der Waals surface area contributed by atoms with Crippen molar-refractivity contribution in [2.24, 2.45) is 12.2 Å². The lowest BCUT2D eigenvalue weighted by Crippen LogP contribution is -2.15. The maximum atomic E-state index is 12.6. The summed E-state index contributed by atoms with van der Waals surface area (Å²) in [6.45, 7) is 5.65. The summed E-state index contributed by atoms with van der Waals surface area (Å²) >= 11 is 0. The van der Waals surface area contributed by atoms with Gasteiger partial charge in [0, 0.05) is 13.1 Å². The number of hydrogen-bond acceptors (Lipinski definition) is 3. The number of rotatable bonds is 2. The van der Waals surface area contributed by atoms with Crippen LogP contribution in [-0.4, -0.2) is 21.6 Å². The molecule has 0 N–H and O–H groups in total. The molecule has 0 atom stereocenters. The van der Waals surface area contributed by atoms with Crippen molar-refractivity contribution in [3.8, 4) is 0 Å². The van der Waals surface area contributed by atoms with Crippen LogP contribution < -0.4 is 0 Å². The van der Waals surface area contributed by atoms with Crippen LogP contribution in [0.25, 0.3) is 0 Å². The van der Waals surface area contributed by atoms with Crippen LogP contribution in [0.1, 0.15) is 26.5 Å². The second-order valence-corrected chi connectivity index (χ2v) is 3.95. The summed E-state index contributed by atoms with van der Waals surface area (Å²) in [5, 5.41) is 7.26. The zero-order valence-electron chi connectivity index (χ0n) is 8.78. The van der Waals surface area contributed by atoms with E-state index >= 15 is 0 Å². The Morgan fingerprint density at radius 3 is 2.64 bits per heavy atom. The van der Waals surface area contributed by atoms with Gasteiger partial charge in [-0.25, -0.2) is 0 Å². The average Bonchev–Trinajstić information content (AvgIpc) is 2.27. The Morgan fingerprint density at radius 1 is 1.57 bits per heavy atom. The SMILES string of the molecule is Cn1nc(F)cc1/C=N\OC(C)(C)C. The summed E-state index contributed by atoms with van der Waals surface area (Å²) in [4.78, 5) is 5.10. The van der Waals surface area contributed by atoms with Crippen LogP contribution in [0.5, 0.6) is 0 Å². The molecule has 0 aliphatic heterocycles. The van der Waals surface area contributed by atoms with Crippen LogP contribution in [0.15, 0.2) is 11.2 Å². The van der Waals surface area contributed by atoms with Crippen molar-refractivity contribution in [3.63, 3.8) is 0 Å². The predicted molar refractivity (Wildman–Crippen MR) is 51.6 cm³/mol. The molecule has 0 aromatic carbocycles. The van der Waals surface area contributed by atoms with E-state index in [0.29, 0.717) is 5.69 Å². The zero-order valence-corrected chi connectivity index (χ0v) is 8.78. The zero-order chi connectivity index (χ0) is 10.8. The smallest absolute Gasteiger partial charge is 0.233 e. The molecule has 0 fully saturated rings. The highest BCUT2D eigenvalue weighted by molar-refractivity contribution is 5.76. The molecule has 0 saturated carbocycles. The summed E-state index contributed by atoms with van der Waals surface area (Å²) in [5.41, 5.74) is 0.222. The van der Waals surface area contributed by atoms with Gasteiger partial charge in [0.15, 0.2) is 0 Å². The van der Waals surface area contributed by atoms with Gasteiger partial charge >= 0.3 is 0 Å². The molecule has 4 nitrogen and oxygen atoms in total. The van der Waals surface area contributed by atoms with Gasteiger partial charge < -0.3 is 4.84 Å². The molecule has 14 heavy (non-hydrogen) atoms. The van der Waals surface area contributed by atoms with E-state index in [2.05, 4.69) is 10.3 Å². The second-order valence-electron chi connectivity index (χ2n) is 3.95. The van der Waals surface area contributed by atoms with Crippen molar-refractivity contribution >= 4 is 6.21 Å². The summed E-state index contributed by atoms with van der Waals surface area (Å²) in [5.74, 6) is -0.523. The fraction of sp³-hybridized carbons (Fsp3) is 0.556. The second kappa shape index (κ2) is 3.77. The molecule has 0 spiro atoms. The van der Waals surface area contributed by atoms with E-state index in [9.17, 15) is 4.39 Å². The van der Waals surface area contributed by atoms with Crippen LogP contribution in [0.3, 0.4) is 0 Å². The Morgan fingerprint density at radius 2 is 2.21 bits per heavy atom. The molecule has 5 heteroatoms. The van der Waals surface area contributed by atoms with E-state index in [1.165, 1.54) is 17.0 Å². The number of halogens is 1. The first-order valence-corrected chi connectivity index (χ1v) is 4.29. The number of aromatic nitrogens is 2. The number of oxime groups is 1. The lowest BCUT2D eigenvalue weighted by Gasteiger charge is -2.14. The van der Waals surface area contributed by atoms with Gasteiger partial charge in [0.05, 0.1) is 11.9 Å². The van der Waals surface area contributed by atoms with Gasteiger partial charge in [0.2, 0.25) is 5.95 Å². The van der Waals surface area contributed by atoms with E-state index in [1.807, 2.05) is 20.8 Å². The minimum atomic E-state index is -0.523. The van der Waals surface area contributed by atoms with Crippen molar-refractivity contribution < 1.29 is 9.23 Å².